The van der Waals surface area contributed by atoms with Crippen molar-refractivity contribution in [2.75, 3.05) is 25.1 Å². The topological polar surface area (TPSA) is 113 Å². The zero-order valence-corrected chi connectivity index (χ0v) is 19.9. The molecule has 0 radical (unpaired) electrons. The second-order valence-corrected chi connectivity index (χ2v) is 9.29. The van der Waals surface area contributed by atoms with Gasteiger partial charge >= 0.3 is 5.97 Å². The molecule has 0 saturated heterocycles. The number of amides is 1. The molecule has 2 aromatic rings. The molecule has 1 fully saturated rings. The van der Waals surface area contributed by atoms with Gasteiger partial charge in [-0.2, -0.15) is 0 Å². The van der Waals surface area contributed by atoms with Crippen molar-refractivity contribution in [2.24, 2.45) is 0 Å². The number of carbonyl (C=O) groups is 2. The van der Waals surface area contributed by atoms with E-state index in [1.54, 1.807) is 12.1 Å². The molecule has 3 heterocycles. The number of anilines is 1. The van der Waals surface area contributed by atoms with Gasteiger partial charge in [0.2, 0.25) is 5.91 Å². The molecule has 1 aliphatic carbocycles. The molecule has 4 rings (SSSR count). The van der Waals surface area contributed by atoms with Gasteiger partial charge in [-0.3, -0.25) is 9.78 Å². The van der Waals surface area contributed by atoms with E-state index in [-0.39, 0.29) is 13.0 Å². The van der Waals surface area contributed by atoms with E-state index in [2.05, 4.69) is 27.8 Å². The van der Waals surface area contributed by atoms with E-state index in [4.69, 9.17) is 9.72 Å². The number of carbonyl (C=O) groups excluding carboxylic acids is 1. The average Bonchev–Trinajstić information content (AvgIpc) is 3.69. The number of aryl methyl sites for hydroxylation is 2. The van der Waals surface area contributed by atoms with E-state index < -0.39 is 30.0 Å². The number of pyridine rings is 2. The summed E-state index contributed by atoms with van der Waals surface area (Å²) >= 11 is 0. The first-order chi connectivity index (χ1) is 17.0. The predicted octanol–water partition coefficient (Wildman–Crippen LogP) is 3.33. The first-order valence-corrected chi connectivity index (χ1v) is 12.4. The number of nitrogens with one attached hydrogen (secondary N) is 2. The maximum atomic E-state index is 13.4. The van der Waals surface area contributed by atoms with Crippen LogP contribution in [0.4, 0.5) is 10.2 Å². The van der Waals surface area contributed by atoms with Crippen LogP contribution in [0.5, 0.6) is 0 Å². The Labute approximate surface area is 204 Å². The molecule has 188 valence electrons. The summed E-state index contributed by atoms with van der Waals surface area (Å²) in [6.45, 7) is 0.998. The van der Waals surface area contributed by atoms with E-state index in [0.29, 0.717) is 30.7 Å². The second kappa shape index (κ2) is 11.6. The van der Waals surface area contributed by atoms with Crippen molar-refractivity contribution in [3.05, 3.63) is 53.0 Å². The molecular formula is C26H33FN4O4. The second-order valence-electron chi connectivity index (χ2n) is 9.29. The fraction of sp³-hybridized carbons (Fsp3) is 0.538. The van der Waals surface area contributed by atoms with Crippen LogP contribution in [0.15, 0.2) is 30.5 Å². The summed E-state index contributed by atoms with van der Waals surface area (Å²) in [4.78, 5) is 33.5. The third-order valence-corrected chi connectivity index (χ3v) is 6.75. The molecule has 9 heteroatoms. The fourth-order valence-electron chi connectivity index (χ4n) is 4.55. The Balaban J connectivity index is 1.18. The van der Waals surface area contributed by atoms with Gasteiger partial charge in [0.25, 0.3) is 0 Å². The number of aliphatic carboxylic acids is 1. The zero-order valence-electron chi connectivity index (χ0n) is 19.9. The Kier molecular flexibility index (Phi) is 8.28. The predicted molar refractivity (Wildman–Crippen MR) is 129 cm³/mol. The number of halogens is 1. The lowest BCUT2D eigenvalue weighted by atomic mass is 9.95. The summed E-state index contributed by atoms with van der Waals surface area (Å²) in [6.07, 6.45) is 7.59. The maximum Gasteiger partial charge on any atom is 0.326 e. The maximum absolute atomic E-state index is 13.4. The van der Waals surface area contributed by atoms with Crippen LogP contribution < -0.4 is 10.6 Å². The largest absolute Gasteiger partial charge is 0.480 e. The molecule has 0 aromatic carbocycles. The van der Waals surface area contributed by atoms with Crippen molar-refractivity contribution in [2.45, 2.75) is 69.5 Å². The lowest BCUT2D eigenvalue weighted by Gasteiger charge is -2.21. The molecule has 0 unspecified atom stereocenters. The van der Waals surface area contributed by atoms with Crippen LogP contribution >= 0.6 is 0 Å². The van der Waals surface area contributed by atoms with Crippen molar-refractivity contribution >= 4 is 17.7 Å². The number of carboxylic acids is 1. The van der Waals surface area contributed by atoms with Crippen molar-refractivity contribution in [1.82, 2.24) is 15.3 Å². The van der Waals surface area contributed by atoms with Gasteiger partial charge in [-0.05, 0) is 62.6 Å². The smallest absolute Gasteiger partial charge is 0.326 e. The molecule has 1 atom stereocenters. The van der Waals surface area contributed by atoms with Crippen LogP contribution in [-0.2, 0) is 39.3 Å². The SMILES string of the molecule is O=C(O)[C@H](CCOCCCCc1ccc2c(n1)NCCC2)NC(=O)C1(c2ncccc2CF)CC1. The van der Waals surface area contributed by atoms with Crippen molar-refractivity contribution in [3.63, 3.8) is 0 Å². The first kappa shape index (κ1) is 25.0. The minimum absolute atomic E-state index is 0.160. The van der Waals surface area contributed by atoms with Gasteiger partial charge in [-0.1, -0.05) is 12.1 Å². The average molecular weight is 485 g/mol. The van der Waals surface area contributed by atoms with Crippen LogP contribution in [0.25, 0.3) is 0 Å². The Morgan fingerprint density at radius 1 is 1.23 bits per heavy atom. The third-order valence-electron chi connectivity index (χ3n) is 6.75. The van der Waals surface area contributed by atoms with Gasteiger partial charge in [0.15, 0.2) is 0 Å². The number of hydrogen-bond acceptors (Lipinski definition) is 6. The summed E-state index contributed by atoms with van der Waals surface area (Å²) < 4.78 is 19.0. The van der Waals surface area contributed by atoms with E-state index in [9.17, 15) is 19.1 Å². The highest BCUT2D eigenvalue weighted by molar-refractivity contribution is 5.93. The first-order valence-electron chi connectivity index (χ1n) is 12.4. The number of fused-ring (bicyclic) bond motifs is 1. The van der Waals surface area contributed by atoms with E-state index in [1.165, 1.54) is 11.8 Å². The summed E-state index contributed by atoms with van der Waals surface area (Å²) in [7, 11) is 0. The molecule has 0 spiro atoms. The lowest BCUT2D eigenvalue weighted by Crippen LogP contribution is -2.46. The van der Waals surface area contributed by atoms with E-state index >= 15 is 0 Å². The molecule has 2 aromatic heterocycles. The lowest BCUT2D eigenvalue weighted by molar-refractivity contribution is -0.142. The minimum Gasteiger partial charge on any atom is -0.480 e. The fourth-order valence-corrected chi connectivity index (χ4v) is 4.55. The van der Waals surface area contributed by atoms with Gasteiger partial charge in [-0.25, -0.2) is 14.2 Å². The van der Waals surface area contributed by atoms with Gasteiger partial charge in [0.05, 0.1) is 11.1 Å². The van der Waals surface area contributed by atoms with Gasteiger partial charge in [0.1, 0.15) is 18.5 Å². The number of alkyl halides is 1. The number of aromatic nitrogens is 2. The van der Waals surface area contributed by atoms with Crippen LogP contribution in [0.2, 0.25) is 0 Å². The number of ether oxygens (including phenoxy) is 1. The Morgan fingerprint density at radius 2 is 2.09 bits per heavy atom. The zero-order chi connectivity index (χ0) is 24.7. The highest BCUT2D eigenvalue weighted by Gasteiger charge is 2.54. The van der Waals surface area contributed by atoms with Crippen molar-refractivity contribution < 1.29 is 23.8 Å². The number of rotatable bonds is 13. The molecule has 8 nitrogen and oxygen atoms in total. The number of unbranched alkanes of at least 4 members (excludes halogenated alkanes) is 1. The third kappa shape index (κ3) is 6.14. The molecular weight excluding hydrogens is 451 g/mol. The normalized spacial score (nSPS) is 16.6. The summed E-state index contributed by atoms with van der Waals surface area (Å²) in [5.41, 5.74) is 2.18. The van der Waals surface area contributed by atoms with Gasteiger partial charge in [-0.15, -0.1) is 0 Å². The molecule has 1 amide bonds. The van der Waals surface area contributed by atoms with Gasteiger partial charge < -0.3 is 20.5 Å². The molecule has 0 bridgehead atoms. The molecule has 1 aliphatic heterocycles. The Morgan fingerprint density at radius 3 is 2.86 bits per heavy atom. The standard InChI is InChI=1S/C26H33FN4O4/c27-17-19-6-4-13-28-22(19)26(11-12-26)25(34)31-21(24(32)33)10-16-35-15-2-1-7-20-9-8-18-5-3-14-29-23(18)30-20/h4,6,8-9,13,21H,1-3,5,7,10-12,14-17H2,(H,29,30)(H,31,34)(H,32,33)/t21-/m0/s1. The molecule has 3 N–H and O–H groups in total. The molecule has 1 saturated carbocycles. The van der Waals surface area contributed by atoms with E-state index in [1.807, 2.05) is 0 Å². The number of nitrogens with zero attached hydrogens (tertiary/aromatic N) is 2. The van der Waals surface area contributed by atoms with E-state index in [0.717, 1.165) is 50.2 Å². The highest BCUT2D eigenvalue weighted by Crippen LogP contribution is 2.49. The number of carboxylic acid groups (broad SMARTS) is 1. The quantitative estimate of drug-likeness (QED) is 0.374. The Bertz CT molecular complexity index is 1040. The number of hydrogen-bond donors (Lipinski definition) is 3. The molecule has 2 aliphatic rings. The molecule has 35 heavy (non-hydrogen) atoms. The van der Waals surface area contributed by atoms with Crippen LogP contribution in [-0.4, -0.2) is 52.8 Å². The van der Waals surface area contributed by atoms with Crippen LogP contribution in [0.1, 0.15) is 61.0 Å². The summed E-state index contributed by atoms with van der Waals surface area (Å²) in [5, 5.41) is 15.5. The minimum atomic E-state index is -1.11. The summed E-state index contributed by atoms with van der Waals surface area (Å²) in [5.74, 6) is -0.523. The van der Waals surface area contributed by atoms with Crippen molar-refractivity contribution in [3.8, 4) is 0 Å². The summed E-state index contributed by atoms with van der Waals surface area (Å²) in [6, 6.07) is 6.41. The highest BCUT2D eigenvalue weighted by atomic mass is 19.1. The van der Waals surface area contributed by atoms with Crippen molar-refractivity contribution in [1.29, 1.82) is 0 Å². The monoisotopic (exact) mass is 484 g/mol. The van der Waals surface area contributed by atoms with Crippen LogP contribution in [0.3, 0.4) is 0 Å². The Hall–Kier alpha value is -3.07. The van der Waals surface area contributed by atoms with Crippen LogP contribution in [0, 0.1) is 0 Å². The van der Waals surface area contributed by atoms with Gasteiger partial charge in [0, 0.05) is 43.6 Å².